The number of rotatable bonds is 2. The summed E-state index contributed by atoms with van der Waals surface area (Å²) < 4.78 is 1.07. The van der Waals surface area contributed by atoms with E-state index in [0.717, 1.165) is 34.7 Å². The molecule has 20 heavy (non-hydrogen) atoms. The van der Waals surface area contributed by atoms with Gasteiger partial charge in [-0.15, -0.1) is 0 Å². The number of carbonyl (C=O) groups excluding carboxylic acids is 1. The molecule has 1 aromatic carbocycles. The van der Waals surface area contributed by atoms with Gasteiger partial charge in [0, 0.05) is 28.8 Å². The SMILES string of the molecule is CNC1C(=O)Nc2cc(N3CCC(C)CC3)c(Br)cc21. The zero-order valence-corrected chi connectivity index (χ0v) is 13.5. The number of hydrogen-bond donors (Lipinski definition) is 2. The van der Waals surface area contributed by atoms with E-state index in [0.29, 0.717) is 0 Å². The molecule has 4 nitrogen and oxygen atoms in total. The number of fused-ring (bicyclic) bond motifs is 1. The molecule has 0 aliphatic carbocycles. The highest BCUT2D eigenvalue weighted by molar-refractivity contribution is 9.10. The van der Waals surface area contributed by atoms with Crippen molar-refractivity contribution in [1.29, 1.82) is 0 Å². The summed E-state index contributed by atoms with van der Waals surface area (Å²) in [4.78, 5) is 14.3. The predicted octanol–water partition coefficient (Wildman–Crippen LogP) is 2.90. The molecule has 2 aliphatic heterocycles. The van der Waals surface area contributed by atoms with Crippen molar-refractivity contribution in [3.8, 4) is 0 Å². The van der Waals surface area contributed by atoms with Gasteiger partial charge in [-0.1, -0.05) is 6.92 Å². The first kappa shape index (κ1) is 13.9. The molecule has 0 aromatic heterocycles. The molecule has 1 atom stereocenters. The van der Waals surface area contributed by atoms with Crippen molar-refractivity contribution in [1.82, 2.24) is 5.32 Å². The molecule has 1 amide bonds. The molecule has 0 bridgehead atoms. The Balaban J connectivity index is 1.91. The molecule has 1 fully saturated rings. The van der Waals surface area contributed by atoms with Crippen molar-refractivity contribution in [3.05, 3.63) is 22.2 Å². The third-order valence-electron chi connectivity index (χ3n) is 4.36. The predicted molar refractivity (Wildman–Crippen MR) is 85.2 cm³/mol. The lowest BCUT2D eigenvalue weighted by atomic mass is 9.98. The summed E-state index contributed by atoms with van der Waals surface area (Å²) in [6, 6.07) is 3.93. The first-order valence-electron chi connectivity index (χ1n) is 7.16. The number of nitrogens with one attached hydrogen (secondary N) is 2. The molecule has 2 N–H and O–H groups in total. The van der Waals surface area contributed by atoms with E-state index in [1.807, 2.05) is 7.05 Å². The van der Waals surface area contributed by atoms with Gasteiger partial charge in [0.15, 0.2) is 0 Å². The molecule has 108 valence electrons. The Bertz CT molecular complexity index is 538. The van der Waals surface area contributed by atoms with Crippen LogP contribution in [0.3, 0.4) is 0 Å². The van der Waals surface area contributed by atoms with Crippen LogP contribution in [0.15, 0.2) is 16.6 Å². The van der Waals surface area contributed by atoms with E-state index < -0.39 is 0 Å². The van der Waals surface area contributed by atoms with Gasteiger partial charge < -0.3 is 15.5 Å². The number of hydrogen-bond acceptors (Lipinski definition) is 3. The largest absolute Gasteiger partial charge is 0.371 e. The van der Waals surface area contributed by atoms with Gasteiger partial charge in [-0.2, -0.15) is 0 Å². The van der Waals surface area contributed by atoms with E-state index in [-0.39, 0.29) is 11.9 Å². The van der Waals surface area contributed by atoms with E-state index in [2.05, 4.69) is 50.5 Å². The summed E-state index contributed by atoms with van der Waals surface area (Å²) >= 11 is 3.67. The van der Waals surface area contributed by atoms with Gasteiger partial charge in [0.1, 0.15) is 6.04 Å². The van der Waals surface area contributed by atoms with Gasteiger partial charge in [-0.3, -0.25) is 4.79 Å². The second-order valence-electron chi connectivity index (χ2n) is 5.77. The normalized spacial score (nSPS) is 22.9. The Hall–Kier alpha value is -1.07. The molecule has 2 aliphatic rings. The fraction of sp³-hybridized carbons (Fsp3) is 0.533. The topological polar surface area (TPSA) is 44.4 Å². The zero-order valence-electron chi connectivity index (χ0n) is 11.9. The molecule has 1 aromatic rings. The quantitative estimate of drug-likeness (QED) is 0.872. The van der Waals surface area contributed by atoms with E-state index >= 15 is 0 Å². The number of carbonyl (C=O) groups is 1. The van der Waals surface area contributed by atoms with Crippen LogP contribution in [0.2, 0.25) is 0 Å². The Labute approximate surface area is 128 Å². The Morgan fingerprint density at radius 3 is 2.70 bits per heavy atom. The summed E-state index contributed by atoms with van der Waals surface area (Å²) in [7, 11) is 1.81. The van der Waals surface area contributed by atoms with Gasteiger partial charge >= 0.3 is 0 Å². The molecule has 1 unspecified atom stereocenters. The fourth-order valence-electron chi connectivity index (χ4n) is 3.05. The van der Waals surface area contributed by atoms with Gasteiger partial charge in [0.25, 0.3) is 0 Å². The zero-order chi connectivity index (χ0) is 14.3. The van der Waals surface area contributed by atoms with Gasteiger partial charge in [-0.05, 0) is 53.9 Å². The minimum atomic E-state index is -0.239. The summed E-state index contributed by atoms with van der Waals surface area (Å²) in [5, 5.41) is 6.02. The van der Waals surface area contributed by atoms with Crippen molar-refractivity contribution in [3.63, 3.8) is 0 Å². The first-order valence-corrected chi connectivity index (χ1v) is 7.96. The lowest BCUT2D eigenvalue weighted by Gasteiger charge is -2.33. The second-order valence-corrected chi connectivity index (χ2v) is 6.63. The first-order chi connectivity index (χ1) is 9.60. The van der Waals surface area contributed by atoms with Crippen LogP contribution in [0, 0.1) is 5.92 Å². The van der Waals surface area contributed by atoms with Gasteiger partial charge in [-0.25, -0.2) is 0 Å². The van der Waals surface area contributed by atoms with Crippen LogP contribution in [0.25, 0.3) is 0 Å². The molecule has 0 spiro atoms. The monoisotopic (exact) mass is 337 g/mol. The lowest BCUT2D eigenvalue weighted by Crippen LogP contribution is -2.33. The third-order valence-corrected chi connectivity index (χ3v) is 5.00. The maximum atomic E-state index is 11.9. The van der Waals surface area contributed by atoms with Crippen LogP contribution < -0.4 is 15.5 Å². The number of piperidine rings is 1. The molecule has 5 heteroatoms. The van der Waals surface area contributed by atoms with Crippen molar-refractivity contribution >= 4 is 33.2 Å². The maximum absolute atomic E-state index is 11.9. The third kappa shape index (κ3) is 2.33. The summed E-state index contributed by atoms with van der Waals surface area (Å²) in [6.07, 6.45) is 2.46. The summed E-state index contributed by atoms with van der Waals surface area (Å²) in [6.45, 7) is 4.48. The molecule has 2 heterocycles. The van der Waals surface area contributed by atoms with Crippen molar-refractivity contribution in [2.24, 2.45) is 5.92 Å². The van der Waals surface area contributed by atoms with E-state index in [9.17, 15) is 4.79 Å². The Morgan fingerprint density at radius 2 is 2.05 bits per heavy atom. The van der Waals surface area contributed by atoms with Crippen LogP contribution in [0.1, 0.15) is 31.4 Å². The lowest BCUT2D eigenvalue weighted by molar-refractivity contribution is -0.117. The second kappa shape index (κ2) is 5.37. The molecular formula is C15H20BrN3O. The minimum Gasteiger partial charge on any atom is -0.371 e. The highest BCUT2D eigenvalue weighted by Gasteiger charge is 2.31. The molecule has 3 rings (SSSR count). The Morgan fingerprint density at radius 1 is 1.35 bits per heavy atom. The fourth-order valence-corrected chi connectivity index (χ4v) is 3.66. The Kier molecular flexibility index (Phi) is 3.73. The van der Waals surface area contributed by atoms with Crippen LogP contribution in [0.5, 0.6) is 0 Å². The number of nitrogens with zero attached hydrogens (tertiary/aromatic N) is 1. The van der Waals surface area contributed by atoms with Crippen LogP contribution in [-0.2, 0) is 4.79 Å². The average Bonchev–Trinajstić information content (AvgIpc) is 2.73. The van der Waals surface area contributed by atoms with Crippen molar-refractivity contribution in [2.75, 3.05) is 30.4 Å². The van der Waals surface area contributed by atoms with Gasteiger partial charge in [0.2, 0.25) is 5.91 Å². The van der Waals surface area contributed by atoms with Crippen molar-refractivity contribution < 1.29 is 4.79 Å². The molecule has 0 saturated carbocycles. The summed E-state index contributed by atoms with van der Waals surface area (Å²) in [5.74, 6) is 0.839. The average molecular weight is 338 g/mol. The number of anilines is 2. The van der Waals surface area contributed by atoms with Crippen LogP contribution in [0.4, 0.5) is 11.4 Å². The van der Waals surface area contributed by atoms with Crippen LogP contribution in [-0.4, -0.2) is 26.0 Å². The molecule has 1 saturated heterocycles. The van der Waals surface area contributed by atoms with Crippen LogP contribution >= 0.6 is 15.9 Å². The maximum Gasteiger partial charge on any atom is 0.246 e. The number of halogens is 1. The highest BCUT2D eigenvalue weighted by atomic mass is 79.9. The molecular weight excluding hydrogens is 318 g/mol. The van der Waals surface area contributed by atoms with E-state index in [1.165, 1.54) is 18.5 Å². The van der Waals surface area contributed by atoms with E-state index in [1.54, 1.807) is 0 Å². The van der Waals surface area contributed by atoms with Gasteiger partial charge in [0.05, 0.1) is 5.69 Å². The standard InChI is InChI=1S/C15H20BrN3O/c1-9-3-5-19(6-4-9)13-8-12-10(7-11(13)16)14(17-2)15(20)18-12/h7-9,14,17H,3-6H2,1-2H3,(H,18,20). The smallest absolute Gasteiger partial charge is 0.246 e. The number of likely N-dealkylation sites (N-methyl/N-ethyl adjacent to an activating group) is 1. The number of amides is 1. The minimum absolute atomic E-state index is 0.0267. The number of benzene rings is 1. The molecule has 0 radical (unpaired) electrons. The van der Waals surface area contributed by atoms with E-state index in [4.69, 9.17) is 0 Å². The van der Waals surface area contributed by atoms with Crippen molar-refractivity contribution in [2.45, 2.75) is 25.8 Å². The summed E-state index contributed by atoms with van der Waals surface area (Å²) in [5.41, 5.74) is 3.15. The highest BCUT2D eigenvalue weighted by Crippen LogP contribution is 2.39.